The number of hydrogen-bond acceptors (Lipinski definition) is 5. The van der Waals surface area contributed by atoms with Crippen LogP contribution in [0.25, 0.3) is 0 Å². The van der Waals surface area contributed by atoms with Gasteiger partial charge in [0.2, 0.25) is 5.89 Å². The highest BCUT2D eigenvalue weighted by molar-refractivity contribution is 6.30. The molecule has 2 aliphatic heterocycles. The fraction of sp³-hybridized carbons (Fsp3) is 0.500. The number of oxazole rings is 1. The average Bonchev–Trinajstić information content (AvgIpc) is 3.56. The molecule has 4 rings (SSSR count). The highest BCUT2D eigenvalue weighted by Crippen LogP contribution is 2.50. The summed E-state index contributed by atoms with van der Waals surface area (Å²) < 4.78 is 11.9. The zero-order valence-corrected chi connectivity index (χ0v) is 19.9. The number of carboxylic acids is 1. The highest BCUT2D eigenvalue weighted by Gasteiger charge is 2.51. The lowest BCUT2D eigenvalue weighted by molar-refractivity contribution is -0.136. The lowest BCUT2D eigenvalue weighted by atomic mass is 9.77. The van der Waals surface area contributed by atoms with Gasteiger partial charge in [-0.15, -0.1) is 0 Å². The number of carbonyl (C=O) groups excluding carboxylic acids is 1. The van der Waals surface area contributed by atoms with E-state index in [0.29, 0.717) is 24.6 Å². The molecule has 8 heteroatoms. The second kappa shape index (κ2) is 11.7. The van der Waals surface area contributed by atoms with E-state index in [1.807, 2.05) is 36.4 Å². The molecule has 1 amide bonds. The summed E-state index contributed by atoms with van der Waals surface area (Å²) in [6.45, 7) is 0.579. The summed E-state index contributed by atoms with van der Waals surface area (Å²) in [7, 11) is 0. The zero-order valence-electron chi connectivity index (χ0n) is 19.1. The quantitative estimate of drug-likeness (QED) is 0.317. The van der Waals surface area contributed by atoms with Crippen molar-refractivity contribution in [2.75, 3.05) is 6.54 Å². The molecule has 2 aromatic rings. The number of nitrogens with one attached hydrogen (secondary N) is 1. The molecular formula is C26H31ClN2O5. The first kappa shape index (κ1) is 24.5. The molecule has 3 heterocycles. The molecule has 1 aromatic carbocycles. The van der Waals surface area contributed by atoms with Gasteiger partial charge in [-0.2, -0.15) is 0 Å². The topological polar surface area (TPSA) is 102 Å². The summed E-state index contributed by atoms with van der Waals surface area (Å²) in [6.07, 6.45) is 11.8. The van der Waals surface area contributed by atoms with E-state index in [-0.39, 0.29) is 36.4 Å². The second-order valence-corrected chi connectivity index (χ2v) is 9.47. The predicted molar refractivity (Wildman–Crippen MR) is 128 cm³/mol. The normalized spacial score (nSPS) is 23.6. The number of amides is 1. The van der Waals surface area contributed by atoms with E-state index in [4.69, 9.17) is 25.9 Å². The first-order valence-electron chi connectivity index (χ1n) is 12.0. The molecule has 0 spiro atoms. The van der Waals surface area contributed by atoms with Gasteiger partial charge >= 0.3 is 5.97 Å². The molecule has 4 atom stereocenters. The third kappa shape index (κ3) is 6.27. The van der Waals surface area contributed by atoms with Crippen LogP contribution >= 0.6 is 11.6 Å². The standard InChI is InChI=1S/C26H31ClN2O5/c27-18-11-9-17(10-12-18)6-4-5-15-28-25(32)20-16-33-26(29-20)24-19(21-13-14-22(24)34-21)7-2-1-3-8-23(30)31/h1-2,9-12,16,19,21-22,24H,3-8,13-15H2,(H,28,32)(H,30,31)/t19-,21-,22?,24-/m1/s1. The van der Waals surface area contributed by atoms with Gasteiger partial charge in [0, 0.05) is 23.9 Å². The molecule has 1 unspecified atom stereocenters. The van der Waals surface area contributed by atoms with Gasteiger partial charge in [0.05, 0.1) is 18.1 Å². The number of hydrogen-bond donors (Lipinski definition) is 2. The number of halogens is 1. The van der Waals surface area contributed by atoms with Crippen molar-refractivity contribution in [2.45, 2.75) is 69.5 Å². The van der Waals surface area contributed by atoms with Crippen LogP contribution in [-0.4, -0.2) is 40.7 Å². The van der Waals surface area contributed by atoms with Crippen LogP contribution < -0.4 is 5.32 Å². The molecule has 34 heavy (non-hydrogen) atoms. The van der Waals surface area contributed by atoms with E-state index < -0.39 is 5.97 Å². The number of carbonyl (C=O) groups is 2. The van der Waals surface area contributed by atoms with Gasteiger partial charge in [-0.25, -0.2) is 4.98 Å². The van der Waals surface area contributed by atoms with E-state index in [1.54, 1.807) is 0 Å². The van der Waals surface area contributed by atoms with Crippen molar-refractivity contribution in [3.05, 3.63) is 64.9 Å². The first-order valence-corrected chi connectivity index (χ1v) is 12.4. The summed E-state index contributed by atoms with van der Waals surface area (Å²) in [6, 6.07) is 7.83. The van der Waals surface area contributed by atoms with Crippen LogP contribution in [0.5, 0.6) is 0 Å². The number of rotatable bonds is 12. The summed E-state index contributed by atoms with van der Waals surface area (Å²) in [4.78, 5) is 27.7. The number of benzene rings is 1. The maximum atomic E-state index is 12.5. The van der Waals surface area contributed by atoms with E-state index in [9.17, 15) is 9.59 Å². The lowest BCUT2D eigenvalue weighted by Crippen LogP contribution is -2.26. The smallest absolute Gasteiger partial charge is 0.303 e. The number of aryl methyl sites for hydroxylation is 1. The third-order valence-electron chi connectivity index (χ3n) is 6.66. The second-order valence-electron chi connectivity index (χ2n) is 9.03. The number of aromatic nitrogens is 1. The molecular weight excluding hydrogens is 456 g/mol. The van der Waals surface area contributed by atoms with Crippen LogP contribution in [0.15, 0.2) is 47.1 Å². The van der Waals surface area contributed by atoms with Gasteiger partial charge in [0.15, 0.2) is 5.69 Å². The number of fused-ring (bicyclic) bond motifs is 2. The van der Waals surface area contributed by atoms with Gasteiger partial charge < -0.3 is 19.6 Å². The van der Waals surface area contributed by atoms with Gasteiger partial charge in [-0.1, -0.05) is 35.9 Å². The van der Waals surface area contributed by atoms with Gasteiger partial charge in [-0.3, -0.25) is 9.59 Å². The molecule has 2 fully saturated rings. The maximum absolute atomic E-state index is 12.5. The van der Waals surface area contributed by atoms with E-state index in [2.05, 4.69) is 10.3 Å². The zero-order chi connectivity index (χ0) is 23.9. The maximum Gasteiger partial charge on any atom is 0.303 e. The lowest BCUT2D eigenvalue weighted by Gasteiger charge is -2.24. The Morgan fingerprint density at radius 2 is 1.94 bits per heavy atom. The minimum atomic E-state index is -0.794. The van der Waals surface area contributed by atoms with Crippen LogP contribution in [0.4, 0.5) is 0 Å². The SMILES string of the molecule is O=C(O)CCC=CC[C@@H]1[C@H]2CCC(O2)[C@@H]1c1nc(C(=O)NCCCCc2ccc(Cl)cc2)co1. The molecule has 2 aliphatic rings. The number of allylic oxidation sites excluding steroid dienone is 2. The number of nitrogens with zero attached hydrogens (tertiary/aromatic N) is 1. The first-order chi connectivity index (χ1) is 16.5. The number of carboxylic acid groups (broad SMARTS) is 1. The Labute approximate surface area is 204 Å². The Morgan fingerprint density at radius 3 is 2.74 bits per heavy atom. The van der Waals surface area contributed by atoms with Gasteiger partial charge in [-0.05, 0) is 62.6 Å². The van der Waals surface area contributed by atoms with E-state index in [0.717, 1.165) is 43.5 Å². The molecule has 0 saturated carbocycles. The van der Waals surface area contributed by atoms with E-state index in [1.165, 1.54) is 11.8 Å². The largest absolute Gasteiger partial charge is 0.481 e. The van der Waals surface area contributed by atoms with Crippen LogP contribution in [0, 0.1) is 5.92 Å². The minimum Gasteiger partial charge on any atom is -0.481 e. The predicted octanol–water partition coefficient (Wildman–Crippen LogP) is 5.15. The van der Waals surface area contributed by atoms with Crippen LogP contribution in [0.3, 0.4) is 0 Å². The monoisotopic (exact) mass is 486 g/mol. The fourth-order valence-corrected chi connectivity index (χ4v) is 5.06. The molecule has 182 valence electrons. The highest BCUT2D eigenvalue weighted by atomic mass is 35.5. The third-order valence-corrected chi connectivity index (χ3v) is 6.91. The van der Waals surface area contributed by atoms with Gasteiger partial charge in [0.1, 0.15) is 6.26 Å². The Balaban J connectivity index is 1.25. The van der Waals surface area contributed by atoms with Crippen molar-refractivity contribution in [1.82, 2.24) is 10.3 Å². The number of ether oxygens (including phenoxy) is 1. The number of aliphatic carboxylic acids is 1. The summed E-state index contributed by atoms with van der Waals surface area (Å²) in [5.41, 5.74) is 1.53. The molecule has 2 bridgehead atoms. The molecule has 2 N–H and O–H groups in total. The summed E-state index contributed by atoms with van der Waals surface area (Å²) in [5, 5.41) is 12.4. The van der Waals surface area contributed by atoms with E-state index >= 15 is 0 Å². The average molecular weight is 487 g/mol. The van der Waals surface area contributed by atoms with Crippen molar-refractivity contribution < 1.29 is 23.8 Å². The minimum absolute atomic E-state index is 0.0174. The Kier molecular flexibility index (Phi) is 8.40. The van der Waals surface area contributed by atoms with Gasteiger partial charge in [0.25, 0.3) is 5.91 Å². The van der Waals surface area contributed by atoms with Crippen LogP contribution in [-0.2, 0) is 16.0 Å². The van der Waals surface area contributed by atoms with Crippen molar-refractivity contribution in [2.24, 2.45) is 5.92 Å². The fourth-order valence-electron chi connectivity index (χ4n) is 4.94. The Morgan fingerprint density at radius 1 is 1.15 bits per heavy atom. The molecule has 0 radical (unpaired) electrons. The number of unbranched alkanes of at least 4 members (excludes halogenated alkanes) is 1. The molecule has 0 aliphatic carbocycles. The van der Waals surface area contributed by atoms with Crippen molar-refractivity contribution in [3.63, 3.8) is 0 Å². The van der Waals surface area contributed by atoms with Crippen molar-refractivity contribution in [1.29, 1.82) is 0 Å². The van der Waals surface area contributed by atoms with Crippen molar-refractivity contribution in [3.8, 4) is 0 Å². The van der Waals surface area contributed by atoms with Crippen LogP contribution in [0.2, 0.25) is 5.02 Å². The Bertz CT molecular complexity index is 1000. The molecule has 1 aromatic heterocycles. The molecule has 2 saturated heterocycles. The summed E-state index contributed by atoms with van der Waals surface area (Å²) in [5.74, 6) is -0.219. The molecule has 7 nitrogen and oxygen atoms in total. The van der Waals surface area contributed by atoms with Crippen molar-refractivity contribution >= 4 is 23.5 Å². The Hall–Kier alpha value is -2.64. The summed E-state index contributed by atoms with van der Waals surface area (Å²) >= 11 is 5.91. The van der Waals surface area contributed by atoms with Crippen LogP contribution in [0.1, 0.15) is 72.8 Å².